The van der Waals surface area contributed by atoms with Crippen LogP contribution in [-0.2, 0) is 14.3 Å². The second kappa shape index (κ2) is 9.93. The first-order valence-corrected chi connectivity index (χ1v) is 13.0. The van der Waals surface area contributed by atoms with E-state index in [0.717, 1.165) is 25.7 Å². The Balaban J connectivity index is 1.84. The molecule has 5 heteroatoms. The SMILES string of the molecule is COC(=O)CC(C)(CCC1=C(C)CC[C@@H]2C(C)(C)[C@H](Br)CC[C@@]12C)OC(=O)c1ccccc1. The topological polar surface area (TPSA) is 52.6 Å². The third kappa shape index (κ3) is 5.39. The van der Waals surface area contributed by atoms with Crippen molar-refractivity contribution in [1.82, 2.24) is 0 Å². The van der Waals surface area contributed by atoms with Crippen molar-refractivity contribution >= 4 is 27.9 Å². The number of fused-ring (bicyclic) bond motifs is 1. The molecule has 0 N–H and O–H groups in total. The van der Waals surface area contributed by atoms with Crippen LogP contribution in [0, 0.1) is 16.7 Å². The molecule has 4 nitrogen and oxygen atoms in total. The van der Waals surface area contributed by atoms with Crippen LogP contribution in [0.2, 0.25) is 0 Å². The normalized spacial score (nSPS) is 28.5. The van der Waals surface area contributed by atoms with E-state index in [1.165, 1.54) is 24.7 Å². The zero-order chi connectivity index (χ0) is 24.4. The monoisotopic (exact) mass is 518 g/mol. The molecular weight excluding hydrogens is 480 g/mol. The quantitative estimate of drug-likeness (QED) is 0.216. The number of methoxy groups -OCH3 is 1. The lowest BCUT2D eigenvalue weighted by Gasteiger charge is -2.57. The highest BCUT2D eigenvalue weighted by Gasteiger charge is 2.53. The van der Waals surface area contributed by atoms with Crippen molar-refractivity contribution in [3.05, 3.63) is 47.0 Å². The Morgan fingerprint density at radius 1 is 1.15 bits per heavy atom. The van der Waals surface area contributed by atoms with Gasteiger partial charge in [0.25, 0.3) is 0 Å². The molecule has 1 aromatic carbocycles. The number of esters is 2. The number of rotatable bonds is 7. The molecule has 2 aliphatic rings. The summed E-state index contributed by atoms with van der Waals surface area (Å²) in [6.45, 7) is 11.4. The summed E-state index contributed by atoms with van der Waals surface area (Å²) >= 11 is 3.96. The second-order valence-electron chi connectivity index (χ2n) is 11.1. The largest absolute Gasteiger partial charge is 0.469 e. The second-order valence-corrected chi connectivity index (χ2v) is 12.2. The van der Waals surface area contributed by atoms with Crippen molar-refractivity contribution in [2.45, 2.75) is 90.0 Å². The van der Waals surface area contributed by atoms with Gasteiger partial charge in [0.15, 0.2) is 0 Å². The summed E-state index contributed by atoms with van der Waals surface area (Å²) in [7, 11) is 1.38. The lowest BCUT2D eigenvalue weighted by molar-refractivity contribution is -0.146. The molecule has 0 heterocycles. The van der Waals surface area contributed by atoms with Crippen LogP contribution >= 0.6 is 15.9 Å². The van der Waals surface area contributed by atoms with Crippen LogP contribution in [-0.4, -0.2) is 29.5 Å². The number of carbonyl (C=O) groups is 2. The van der Waals surface area contributed by atoms with Crippen LogP contribution in [0.4, 0.5) is 0 Å². The third-order valence-electron chi connectivity index (χ3n) is 8.40. The smallest absolute Gasteiger partial charge is 0.338 e. The Labute approximate surface area is 207 Å². The van der Waals surface area contributed by atoms with Gasteiger partial charge in [-0.05, 0) is 81.3 Å². The molecule has 0 aliphatic heterocycles. The molecule has 33 heavy (non-hydrogen) atoms. The van der Waals surface area contributed by atoms with Gasteiger partial charge in [0.1, 0.15) is 5.60 Å². The maximum absolute atomic E-state index is 12.9. The number of ether oxygens (including phenoxy) is 2. The van der Waals surface area contributed by atoms with E-state index in [4.69, 9.17) is 9.47 Å². The first kappa shape index (κ1) is 26.0. The van der Waals surface area contributed by atoms with E-state index in [9.17, 15) is 9.59 Å². The average Bonchev–Trinajstić information content (AvgIpc) is 2.76. The number of halogens is 1. The van der Waals surface area contributed by atoms with E-state index >= 15 is 0 Å². The fourth-order valence-electron chi connectivity index (χ4n) is 6.36. The van der Waals surface area contributed by atoms with Crippen LogP contribution in [0.15, 0.2) is 41.5 Å². The average molecular weight is 520 g/mol. The highest BCUT2D eigenvalue weighted by molar-refractivity contribution is 9.09. The van der Waals surface area contributed by atoms with Crippen molar-refractivity contribution in [3.63, 3.8) is 0 Å². The Morgan fingerprint density at radius 2 is 1.82 bits per heavy atom. The molecule has 0 saturated heterocycles. The van der Waals surface area contributed by atoms with Crippen LogP contribution in [0.25, 0.3) is 0 Å². The molecule has 1 fully saturated rings. The number of benzene rings is 1. The number of hydrogen-bond acceptors (Lipinski definition) is 4. The fourth-order valence-corrected chi connectivity index (χ4v) is 6.91. The number of hydrogen-bond donors (Lipinski definition) is 0. The van der Waals surface area contributed by atoms with Crippen LogP contribution in [0.3, 0.4) is 0 Å². The molecule has 182 valence electrons. The number of alkyl halides is 1. The summed E-state index contributed by atoms with van der Waals surface area (Å²) in [5.41, 5.74) is 2.87. The molecule has 0 aromatic heterocycles. The molecule has 0 spiro atoms. The molecule has 1 aromatic rings. The van der Waals surface area contributed by atoms with Crippen molar-refractivity contribution in [3.8, 4) is 0 Å². The molecule has 1 saturated carbocycles. The van der Waals surface area contributed by atoms with Gasteiger partial charge < -0.3 is 9.47 Å². The Bertz CT molecular complexity index is 906. The minimum absolute atomic E-state index is 0.0451. The zero-order valence-electron chi connectivity index (χ0n) is 21.0. The van der Waals surface area contributed by atoms with Gasteiger partial charge >= 0.3 is 11.9 Å². The zero-order valence-corrected chi connectivity index (χ0v) is 22.6. The molecule has 0 radical (unpaired) electrons. The van der Waals surface area contributed by atoms with Crippen LogP contribution in [0.5, 0.6) is 0 Å². The predicted molar refractivity (Wildman–Crippen MR) is 135 cm³/mol. The van der Waals surface area contributed by atoms with Gasteiger partial charge in [0.2, 0.25) is 0 Å². The molecule has 0 bridgehead atoms. The Morgan fingerprint density at radius 3 is 2.45 bits per heavy atom. The molecule has 4 atom stereocenters. The van der Waals surface area contributed by atoms with Gasteiger partial charge in [-0.3, -0.25) is 4.79 Å². The molecular formula is C28H39BrO4. The molecule has 0 amide bonds. The first-order valence-electron chi connectivity index (χ1n) is 12.1. The summed E-state index contributed by atoms with van der Waals surface area (Å²) in [6.07, 6.45) is 6.08. The standard InChI is InChI=1S/C28H39BrO4/c1-19-12-13-22-26(2,3)23(29)15-17-28(22,5)21(19)14-16-27(4,18-24(30)32-6)33-25(31)20-10-8-7-9-11-20/h7-11,22-23H,12-18H2,1-6H3/t22-,23-,27?,28+/m1/s1. The highest BCUT2D eigenvalue weighted by Crippen LogP contribution is 2.61. The molecule has 2 aliphatic carbocycles. The highest BCUT2D eigenvalue weighted by atomic mass is 79.9. The van der Waals surface area contributed by atoms with Crippen molar-refractivity contribution in [1.29, 1.82) is 0 Å². The first-order chi connectivity index (χ1) is 15.4. The van der Waals surface area contributed by atoms with Crippen LogP contribution in [0.1, 0.15) is 89.9 Å². The van der Waals surface area contributed by atoms with Crippen molar-refractivity contribution in [2.75, 3.05) is 7.11 Å². The third-order valence-corrected chi connectivity index (χ3v) is 10.0. The van der Waals surface area contributed by atoms with E-state index in [1.807, 2.05) is 25.1 Å². The molecule has 1 unspecified atom stereocenters. The van der Waals surface area contributed by atoms with Crippen LogP contribution < -0.4 is 0 Å². The lowest BCUT2D eigenvalue weighted by atomic mass is 9.49. The van der Waals surface area contributed by atoms with Crippen molar-refractivity contribution in [2.24, 2.45) is 16.7 Å². The van der Waals surface area contributed by atoms with E-state index in [0.29, 0.717) is 22.7 Å². The fraction of sp³-hybridized carbons (Fsp3) is 0.643. The minimum atomic E-state index is -0.932. The number of allylic oxidation sites excluding steroid dienone is 2. The van der Waals surface area contributed by atoms with E-state index in [1.54, 1.807) is 12.1 Å². The summed E-state index contributed by atoms with van der Waals surface area (Å²) < 4.78 is 10.9. The van der Waals surface area contributed by atoms with E-state index in [-0.39, 0.29) is 23.2 Å². The maximum Gasteiger partial charge on any atom is 0.338 e. The minimum Gasteiger partial charge on any atom is -0.469 e. The van der Waals surface area contributed by atoms with Gasteiger partial charge in [0, 0.05) is 4.83 Å². The van der Waals surface area contributed by atoms with Crippen molar-refractivity contribution < 1.29 is 19.1 Å². The summed E-state index contributed by atoms with van der Waals surface area (Å²) in [5, 5.41) is 0. The predicted octanol–water partition coefficient (Wildman–Crippen LogP) is 7.26. The van der Waals surface area contributed by atoms with Gasteiger partial charge in [0.05, 0.1) is 19.1 Å². The summed E-state index contributed by atoms with van der Waals surface area (Å²) in [6, 6.07) is 8.96. The van der Waals surface area contributed by atoms with E-state index < -0.39 is 11.6 Å². The maximum atomic E-state index is 12.9. The molecule has 3 rings (SSSR count). The number of carbonyl (C=O) groups excluding carboxylic acids is 2. The summed E-state index contributed by atoms with van der Waals surface area (Å²) in [5.74, 6) is -0.167. The Kier molecular flexibility index (Phi) is 7.82. The summed E-state index contributed by atoms with van der Waals surface area (Å²) in [4.78, 5) is 25.6. The van der Waals surface area contributed by atoms with E-state index in [2.05, 4.69) is 43.6 Å². The van der Waals surface area contributed by atoms with Gasteiger partial charge in [-0.25, -0.2) is 4.79 Å². The van der Waals surface area contributed by atoms with Gasteiger partial charge in [-0.2, -0.15) is 0 Å². The van der Waals surface area contributed by atoms with Gasteiger partial charge in [-0.1, -0.05) is 66.0 Å². The lowest BCUT2D eigenvalue weighted by Crippen LogP contribution is -2.50. The van der Waals surface area contributed by atoms with Gasteiger partial charge in [-0.15, -0.1) is 0 Å². The Hall–Kier alpha value is -1.62.